The maximum atomic E-state index is 16.0. The maximum Gasteiger partial charge on any atom is 0.341 e. The predicted molar refractivity (Wildman–Crippen MR) is 373 cm³/mol. The topological polar surface area (TPSA) is 558 Å². The molecule has 0 saturated carbocycles. The molecule has 8 aromatic carbocycles. The Morgan fingerprint density at radius 3 is 0.397 bits per heavy atom. The van der Waals surface area contributed by atoms with E-state index in [2.05, 4.69) is 0 Å². The Morgan fingerprint density at radius 1 is 0.190 bits per heavy atom. The van der Waals surface area contributed by atoms with Gasteiger partial charge < -0.3 is 118 Å². The predicted octanol–water partition coefficient (Wildman–Crippen LogP) is 6.84. The SMILES string of the molecule is O=C(O)COc1c2cc(c(OCC(=O)O)c1OCC(=O)O)C(c1ccc(F)cc1)c1cc(c(OCC(=O)O)c(OCC(=O)O)c1OCC(=O)O)C(c1ccc(F)cc1)c1cc(c(OCC(=O)O)c(OCC(=O)O)c1OCC(=O)O)C(c1ccc(F)cc1)c1cc(c(OCC(=O)O)c(OCC(=O)O)c1OCC(=O)O)C2c1ccc(F)cc1. The summed E-state index contributed by atoms with van der Waals surface area (Å²) in [6.07, 6.45) is 0. The average molecular weight is 1630 g/mol. The van der Waals surface area contributed by atoms with Crippen molar-refractivity contribution in [3.8, 4) is 69.0 Å². The van der Waals surface area contributed by atoms with E-state index in [0.29, 0.717) is 0 Å². The minimum atomic E-state index is -2.35. The van der Waals surface area contributed by atoms with Crippen LogP contribution in [-0.4, -0.2) is 212 Å². The fraction of sp³-hybridized carbons (Fsp3) is 0.211. The van der Waals surface area contributed by atoms with Crippen molar-refractivity contribution in [3.63, 3.8) is 0 Å². The number of carboxylic acid groups (broad SMARTS) is 12. The van der Waals surface area contributed by atoms with Crippen molar-refractivity contribution in [2.45, 2.75) is 23.7 Å². The van der Waals surface area contributed by atoms with Crippen LogP contribution in [-0.2, 0) is 57.5 Å². The van der Waals surface area contributed by atoms with E-state index in [0.717, 1.165) is 121 Å². The van der Waals surface area contributed by atoms with E-state index in [1.54, 1.807) is 0 Å². The lowest BCUT2D eigenvalue weighted by Crippen LogP contribution is -2.23. The number of rotatable bonds is 40. The van der Waals surface area contributed by atoms with Crippen LogP contribution in [0, 0.1) is 23.3 Å². The minimum absolute atomic E-state index is 0.440. The smallest absolute Gasteiger partial charge is 0.341 e. The van der Waals surface area contributed by atoms with Crippen LogP contribution in [0.5, 0.6) is 69.0 Å². The molecule has 0 fully saturated rings. The second-order valence-corrected chi connectivity index (χ2v) is 24.3. The van der Waals surface area contributed by atoms with Gasteiger partial charge in [0.2, 0.25) is 23.0 Å². The largest absolute Gasteiger partial charge is 0.479 e. The lowest BCUT2D eigenvalue weighted by Gasteiger charge is -2.34. The van der Waals surface area contributed by atoms with Crippen LogP contribution in [0.2, 0.25) is 0 Å². The normalized spacial score (nSPS) is 13.9. The van der Waals surface area contributed by atoms with Gasteiger partial charge in [-0.25, -0.2) is 75.1 Å². The Hall–Kier alpha value is -15.3. The van der Waals surface area contributed by atoms with Crippen molar-refractivity contribution in [1.82, 2.24) is 0 Å². The molecule has 12 N–H and O–H groups in total. The highest BCUT2D eigenvalue weighted by Crippen LogP contribution is 2.62. The molecule has 1 aliphatic rings. The number of ether oxygens (including phenoxy) is 12. The molecule has 0 spiro atoms. The molecule has 9 rings (SSSR count). The zero-order valence-electron chi connectivity index (χ0n) is 59.0. The van der Waals surface area contributed by atoms with Gasteiger partial charge in [-0.05, 0) is 95.1 Å². The Morgan fingerprint density at radius 2 is 0.293 bits per heavy atom. The van der Waals surface area contributed by atoms with Crippen molar-refractivity contribution in [3.05, 3.63) is 211 Å². The van der Waals surface area contributed by atoms with Gasteiger partial charge in [0.15, 0.2) is 125 Å². The van der Waals surface area contributed by atoms with Crippen LogP contribution in [0.15, 0.2) is 121 Å². The summed E-state index contributed by atoms with van der Waals surface area (Å²) in [6, 6.07) is 16.8. The van der Waals surface area contributed by atoms with Crippen molar-refractivity contribution in [2.75, 3.05) is 79.3 Å². The number of halogens is 4. The standard InChI is InChI=1S/C76H60F4O36/c77-37-9-1-33(2-10-37)61-41-17-43(67(107-23-51(85)86)73(113-29-57(97)98)65(41)105-21-49(81)82)62(34-3-11-38(78)12-4-34)45-19-47(71(111-27-55(93)94)75(115-31-59(101)102)69(45)109-25-53(89)90)64(36-7-15-40(80)16-8-36)48-20-46(70(110-26-54(91)92)76(116-32-60(103)104)72(48)112-28-56(95)96)63(35-5-13-39(79)14-6-35)44-18-42(61)66(106-22-50(83)84)74(114-30-58(99)100)68(44)108-24-52(87)88/h1-20,61-64H,21-32H2,(H,81,82)(H,83,84)(H,85,86)(H,87,88)(H,89,90)(H,91,92)(H,93,94)(H,95,96)(H,97,98)(H,99,100)(H,101,102)(H,103,104). The second kappa shape index (κ2) is 37.6. The van der Waals surface area contributed by atoms with Gasteiger partial charge in [0.1, 0.15) is 23.3 Å². The van der Waals surface area contributed by atoms with E-state index >= 15 is 17.6 Å². The first kappa shape index (κ1) is 84.7. The van der Waals surface area contributed by atoms with Crippen LogP contribution < -0.4 is 56.8 Å². The van der Waals surface area contributed by atoms with Crippen LogP contribution in [0.25, 0.3) is 0 Å². The van der Waals surface area contributed by atoms with E-state index in [-0.39, 0.29) is 0 Å². The molecule has 40 heteroatoms. The highest BCUT2D eigenvalue weighted by Gasteiger charge is 2.44. The summed E-state index contributed by atoms with van der Waals surface area (Å²) < 4.78 is 137. The summed E-state index contributed by atoms with van der Waals surface area (Å²) in [6.45, 7) is -19.4. The van der Waals surface area contributed by atoms with Crippen molar-refractivity contribution >= 4 is 71.6 Å². The Labute approximate surface area is 646 Å². The minimum Gasteiger partial charge on any atom is -0.479 e. The number of aliphatic carboxylic acids is 12. The lowest BCUT2D eigenvalue weighted by molar-refractivity contribution is -0.141. The van der Waals surface area contributed by atoms with Crippen LogP contribution in [0.1, 0.15) is 90.4 Å². The monoisotopic (exact) mass is 1620 g/mol. The molecule has 0 aliphatic heterocycles. The molecule has 116 heavy (non-hydrogen) atoms. The summed E-state index contributed by atoms with van der Waals surface area (Å²) in [5.74, 6) is -50.7. The zero-order chi connectivity index (χ0) is 84.5. The van der Waals surface area contributed by atoms with E-state index in [9.17, 15) is 119 Å². The molecule has 36 nitrogen and oxygen atoms in total. The molecule has 0 saturated heterocycles. The molecule has 0 atom stereocenters. The lowest BCUT2D eigenvalue weighted by atomic mass is 9.74. The first-order valence-corrected chi connectivity index (χ1v) is 33.1. The number of carboxylic acids is 12. The zero-order valence-corrected chi connectivity index (χ0v) is 59.0. The number of hydrogen-bond donors (Lipinski definition) is 12. The van der Waals surface area contributed by atoms with Crippen LogP contribution >= 0.6 is 0 Å². The van der Waals surface area contributed by atoms with Crippen molar-refractivity contribution < 1.29 is 193 Å². The molecule has 1 aliphatic carbocycles. The second-order valence-electron chi connectivity index (χ2n) is 24.3. The maximum absolute atomic E-state index is 16.0. The first-order valence-electron chi connectivity index (χ1n) is 33.1. The van der Waals surface area contributed by atoms with Crippen molar-refractivity contribution in [2.24, 2.45) is 0 Å². The number of fused-ring (bicyclic) bond motifs is 8. The Kier molecular flexibility index (Phi) is 27.5. The summed E-state index contributed by atoms with van der Waals surface area (Å²) in [4.78, 5) is 158. The van der Waals surface area contributed by atoms with Gasteiger partial charge in [0.25, 0.3) is 0 Å². The Balaban J connectivity index is 1.84. The number of carbonyl (C=O) groups is 12. The highest BCUT2D eigenvalue weighted by molar-refractivity contribution is 5.82. The third-order valence-electron chi connectivity index (χ3n) is 16.4. The molecule has 0 amide bonds. The third kappa shape index (κ3) is 20.8. The highest BCUT2D eigenvalue weighted by atomic mass is 19.1. The molecular formula is C76H60F4O36. The summed E-state index contributed by atoms with van der Waals surface area (Å²) in [5, 5.41) is 127. The quantitative estimate of drug-likeness (QED) is 0.0175. The average Bonchev–Trinajstić information content (AvgIpc) is 0.718. The van der Waals surface area contributed by atoms with Gasteiger partial charge in [0.05, 0.1) is 0 Å². The molecule has 8 aromatic rings. The van der Waals surface area contributed by atoms with Gasteiger partial charge in [-0.15, -0.1) is 0 Å². The van der Waals surface area contributed by atoms with Gasteiger partial charge in [-0.1, -0.05) is 48.5 Å². The van der Waals surface area contributed by atoms with Gasteiger partial charge in [-0.3, -0.25) is 0 Å². The summed E-state index contributed by atoms with van der Waals surface area (Å²) in [5.41, 5.74) is -8.31. The van der Waals surface area contributed by atoms with Gasteiger partial charge in [0, 0.05) is 68.2 Å². The third-order valence-corrected chi connectivity index (χ3v) is 16.4. The summed E-state index contributed by atoms with van der Waals surface area (Å²) in [7, 11) is 0. The molecule has 608 valence electrons. The fourth-order valence-electron chi connectivity index (χ4n) is 12.4. The van der Waals surface area contributed by atoms with E-state index in [1.807, 2.05) is 0 Å². The van der Waals surface area contributed by atoms with Crippen molar-refractivity contribution in [1.29, 1.82) is 0 Å². The molecule has 0 unspecified atom stereocenters. The van der Waals surface area contributed by atoms with E-state index < -0.39 is 334 Å². The summed E-state index contributed by atoms with van der Waals surface area (Å²) >= 11 is 0. The number of benzene rings is 8. The van der Waals surface area contributed by atoms with Gasteiger partial charge in [-0.2, -0.15) is 0 Å². The van der Waals surface area contributed by atoms with Crippen LogP contribution in [0.3, 0.4) is 0 Å². The number of hydrogen-bond acceptors (Lipinski definition) is 24. The molecule has 0 aromatic heterocycles. The van der Waals surface area contributed by atoms with E-state index in [1.165, 1.54) is 0 Å². The fourth-order valence-corrected chi connectivity index (χ4v) is 12.4. The first-order chi connectivity index (χ1) is 55.1. The molecule has 0 radical (unpaired) electrons. The van der Waals surface area contributed by atoms with E-state index in [4.69, 9.17) is 56.8 Å². The molecular weight excluding hydrogens is 1560 g/mol. The van der Waals surface area contributed by atoms with Gasteiger partial charge >= 0.3 is 71.6 Å². The molecule has 0 heterocycles. The van der Waals surface area contributed by atoms with Crippen LogP contribution in [0.4, 0.5) is 17.6 Å². The molecule has 8 bridgehead atoms. The Bertz CT molecular complexity index is 4330.